The van der Waals surface area contributed by atoms with Crippen LogP contribution in [0.15, 0.2) is 47.4 Å². The molecule has 0 fully saturated rings. The van der Waals surface area contributed by atoms with Crippen molar-refractivity contribution in [3.8, 4) is 0 Å². The summed E-state index contributed by atoms with van der Waals surface area (Å²) in [6.45, 7) is 0. The summed E-state index contributed by atoms with van der Waals surface area (Å²) in [7, 11) is 0. The molecule has 0 aromatic heterocycles. The van der Waals surface area contributed by atoms with Crippen molar-refractivity contribution in [3.63, 3.8) is 0 Å². The number of thioether (sulfide) groups is 1. The molecule has 0 spiro atoms. The van der Waals surface area contributed by atoms with Gasteiger partial charge in [0, 0.05) is 22.8 Å². The number of nitro groups is 1. The largest absolute Gasteiger partial charge is 0.478 e. The number of carboxylic acid groups (broad SMARTS) is 1. The fraction of sp³-hybridized carbons (Fsp3) is 0.0714. The normalized spacial score (nSPS) is 10.3. The Morgan fingerprint density at radius 3 is 2.48 bits per heavy atom. The zero-order valence-corrected chi connectivity index (χ0v) is 11.5. The van der Waals surface area contributed by atoms with Crippen molar-refractivity contribution in [1.29, 1.82) is 0 Å². The van der Waals surface area contributed by atoms with Crippen molar-refractivity contribution in [2.75, 3.05) is 0 Å². The Morgan fingerprint density at radius 1 is 1.24 bits per heavy atom. The van der Waals surface area contributed by atoms with E-state index in [4.69, 9.17) is 5.11 Å². The molecule has 0 aliphatic heterocycles. The monoisotopic (exact) mass is 307 g/mol. The van der Waals surface area contributed by atoms with E-state index in [0.717, 1.165) is 11.0 Å². The summed E-state index contributed by atoms with van der Waals surface area (Å²) in [6.07, 6.45) is 0. The maximum Gasteiger partial charge on any atom is 0.335 e. The number of hydrogen-bond acceptors (Lipinski definition) is 4. The molecule has 108 valence electrons. The van der Waals surface area contributed by atoms with E-state index in [1.165, 1.54) is 36.0 Å². The van der Waals surface area contributed by atoms with Gasteiger partial charge in [0.1, 0.15) is 5.82 Å². The Bertz CT molecular complexity index is 688. The minimum absolute atomic E-state index is 0.0173. The zero-order valence-electron chi connectivity index (χ0n) is 10.7. The first kappa shape index (κ1) is 15.0. The lowest BCUT2D eigenvalue weighted by atomic mass is 10.1. The quantitative estimate of drug-likeness (QED) is 0.517. The number of non-ortho nitro benzene ring substituents is 1. The molecule has 0 saturated carbocycles. The van der Waals surface area contributed by atoms with Crippen LogP contribution in [0.3, 0.4) is 0 Å². The molecule has 0 atom stereocenters. The van der Waals surface area contributed by atoms with E-state index < -0.39 is 16.7 Å². The number of hydrogen-bond donors (Lipinski definition) is 1. The van der Waals surface area contributed by atoms with Gasteiger partial charge in [0.15, 0.2) is 0 Å². The molecule has 0 saturated heterocycles. The molecule has 0 bridgehead atoms. The van der Waals surface area contributed by atoms with Crippen LogP contribution < -0.4 is 0 Å². The van der Waals surface area contributed by atoms with Gasteiger partial charge >= 0.3 is 5.97 Å². The third kappa shape index (κ3) is 3.79. The van der Waals surface area contributed by atoms with Crippen molar-refractivity contribution in [3.05, 3.63) is 69.5 Å². The molecular formula is C14H10FNO4S. The van der Waals surface area contributed by atoms with Crippen molar-refractivity contribution >= 4 is 23.4 Å². The second kappa shape index (κ2) is 6.36. The fourth-order valence-electron chi connectivity index (χ4n) is 1.72. The maximum atomic E-state index is 13.2. The van der Waals surface area contributed by atoms with Crippen molar-refractivity contribution < 1.29 is 19.2 Å². The predicted molar refractivity (Wildman–Crippen MR) is 76.0 cm³/mol. The highest BCUT2D eigenvalue weighted by Gasteiger charge is 2.11. The molecule has 0 heterocycles. The van der Waals surface area contributed by atoms with Gasteiger partial charge in [0.05, 0.1) is 10.5 Å². The molecule has 0 radical (unpaired) electrons. The Morgan fingerprint density at radius 2 is 1.90 bits per heavy atom. The highest BCUT2D eigenvalue weighted by Crippen LogP contribution is 2.26. The van der Waals surface area contributed by atoms with E-state index >= 15 is 0 Å². The summed E-state index contributed by atoms with van der Waals surface area (Å²) in [4.78, 5) is 21.8. The standard InChI is InChI=1S/C14H10FNO4S/c15-10-1-6-13(14(17)18)9(7-10)8-21-12-4-2-11(3-5-12)16(19)20/h1-7H,8H2,(H,17,18). The topological polar surface area (TPSA) is 80.4 Å². The third-order valence-corrected chi connectivity index (χ3v) is 3.80. The van der Waals surface area contributed by atoms with E-state index in [9.17, 15) is 19.3 Å². The Labute approximate surface area is 123 Å². The number of nitro benzene ring substituents is 1. The number of halogens is 1. The van der Waals surface area contributed by atoms with Crippen LogP contribution in [-0.4, -0.2) is 16.0 Å². The van der Waals surface area contributed by atoms with E-state index in [1.54, 1.807) is 12.1 Å². The summed E-state index contributed by atoms with van der Waals surface area (Å²) in [5.41, 5.74) is 0.396. The van der Waals surface area contributed by atoms with E-state index in [0.29, 0.717) is 5.56 Å². The summed E-state index contributed by atoms with van der Waals surface area (Å²) in [5, 5.41) is 19.6. The first-order chi connectivity index (χ1) is 9.97. The van der Waals surface area contributed by atoms with Crippen LogP contribution in [0.25, 0.3) is 0 Å². The lowest BCUT2D eigenvalue weighted by molar-refractivity contribution is -0.384. The van der Waals surface area contributed by atoms with Gasteiger partial charge in [-0.05, 0) is 35.9 Å². The van der Waals surface area contributed by atoms with Crippen LogP contribution in [0.2, 0.25) is 0 Å². The molecule has 0 amide bonds. The molecule has 2 aromatic rings. The predicted octanol–water partition coefficient (Wildman–Crippen LogP) is 3.72. The number of rotatable bonds is 5. The number of carboxylic acids is 1. The summed E-state index contributed by atoms with van der Waals surface area (Å²) < 4.78 is 13.2. The molecule has 1 N–H and O–H groups in total. The lowest BCUT2D eigenvalue weighted by Gasteiger charge is -2.06. The molecule has 0 aliphatic rings. The fourth-order valence-corrected chi connectivity index (χ4v) is 2.61. The van der Waals surface area contributed by atoms with Gasteiger partial charge < -0.3 is 5.11 Å². The molecule has 0 unspecified atom stereocenters. The maximum absolute atomic E-state index is 13.2. The van der Waals surface area contributed by atoms with E-state index in [-0.39, 0.29) is 17.0 Å². The highest BCUT2D eigenvalue weighted by molar-refractivity contribution is 7.98. The number of carbonyl (C=O) groups is 1. The number of nitrogens with zero attached hydrogens (tertiary/aromatic N) is 1. The van der Waals surface area contributed by atoms with Gasteiger partial charge in [-0.3, -0.25) is 10.1 Å². The van der Waals surface area contributed by atoms with Crippen LogP contribution in [0, 0.1) is 15.9 Å². The average Bonchev–Trinajstić information content (AvgIpc) is 2.45. The Kier molecular flexibility index (Phi) is 4.54. The van der Waals surface area contributed by atoms with Gasteiger partial charge in [0.25, 0.3) is 5.69 Å². The zero-order chi connectivity index (χ0) is 15.4. The first-order valence-corrected chi connectivity index (χ1v) is 6.85. The second-order valence-corrected chi connectivity index (χ2v) is 5.20. The van der Waals surface area contributed by atoms with Gasteiger partial charge in [0.2, 0.25) is 0 Å². The molecule has 7 heteroatoms. The highest BCUT2D eigenvalue weighted by atomic mass is 32.2. The minimum atomic E-state index is -1.12. The summed E-state index contributed by atoms with van der Waals surface area (Å²) >= 11 is 1.28. The SMILES string of the molecule is O=C(O)c1ccc(F)cc1CSc1ccc([N+](=O)[O-])cc1. The summed E-state index contributed by atoms with van der Waals surface area (Å²) in [6, 6.07) is 9.39. The minimum Gasteiger partial charge on any atom is -0.478 e. The van der Waals surface area contributed by atoms with Crippen LogP contribution in [0.1, 0.15) is 15.9 Å². The number of benzene rings is 2. The molecule has 2 rings (SSSR count). The van der Waals surface area contributed by atoms with Crippen molar-refractivity contribution in [1.82, 2.24) is 0 Å². The van der Waals surface area contributed by atoms with Crippen LogP contribution in [0.4, 0.5) is 10.1 Å². The lowest BCUT2D eigenvalue weighted by Crippen LogP contribution is -2.02. The van der Waals surface area contributed by atoms with E-state index in [1.807, 2.05) is 0 Å². The summed E-state index contributed by atoms with van der Waals surface area (Å²) in [5.74, 6) is -1.36. The molecule has 2 aromatic carbocycles. The van der Waals surface area contributed by atoms with Crippen LogP contribution in [-0.2, 0) is 5.75 Å². The van der Waals surface area contributed by atoms with Crippen molar-refractivity contribution in [2.45, 2.75) is 10.6 Å². The molecule has 21 heavy (non-hydrogen) atoms. The molecule has 0 aliphatic carbocycles. The average molecular weight is 307 g/mol. The van der Waals surface area contributed by atoms with E-state index in [2.05, 4.69) is 0 Å². The Balaban J connectivity index is 2.14. The van der Waals surface area contributed by atoms with Crippen LogP contribution in [0.5, 0.6) is 0 Å². The van der Waals surface area contributed by atoms with Crippen molar-refractivity contribution in [2.24, 2.45) is 0 Å². The Hall–Kier alpha value is -2.41. The van der Waals surface area contributed by atoms with Gasteiger partial charge in [-0.15, -0.1) is 11.8 Å². The smallest absolute Gasteiger partial charge is 0.335 e. The van der Waals surface area contributed by atoms with Gasteiger partial charge in [-0.25, -0.2) is 9.18 Å². The number of aromatic carboxylic acids is 1. The van der Waals surface area contributed by atoms with Crippen LogP contribution >= 0.6 is 11.8 Å². The third-order valence-electron chi connectivity index (χ3n) is 2.74. The van der Waals surface area contributed by atoms with Gasteiger partial charge in [-0.1, -0.05) is 0 Å². The molecule has 5 nitrogen and oxygen atoms in total. The molecular weight excluding hydrogens is 297 g/mol. The second-order valence-electron chi connectivity index (χ2n) is 4.15. The van der Waals surface area contributed by atoms with Gasteiger partial charge in [-0.2, -0.15) is 0 Å². The first-order valence-electron chi connectivity index (χ1n) is 5.86.